The zero-order chi connectivity index (χ0) is 14.7. The highest BCUT2D eigenvalue weighted by Gasteiger charge is 2.11. The van der Waals surface area contributed by atoms with Crippen molar-refractivity contribution >= 4 is 34.6 Å². The van der Waals surface area contributed by atoms with Gasteiger partial charge in [0.05, 0.1) is 22.0 Å². The Labute approximate surface area is 122 Å². The SMILES string of the molecule is CNC(=O)c1ccc(N)cc1Nc1ccc(C)cc1Cl. The molecule has 0 unspecified atom stereocenters. The summed E-state index contributed by atoms with van der Waals surface area (Å²) in [7, 11) is 1.58. The average Bonchev–Trinajstić information content (AvgIpc) is 2.41. The van der Waals surface area contributed by atoms with Crippen molar-refractivity contribution in [3.63, 3.8) is 0 Å². The van der Waals surface area contributed by atoms with E-state index < -0.39 is 0 Å². The Bertz CT molecular complexity index is 656. The molecule has 0 atom stereocenters. The van der Waals surface area contributed by atoms with Crippen LogP contribution in [0.2, 0.25) is 5.02 Å². The Hall–Kier alpha value is -2.20. The van der Waals surface area contributed by atoms with E-state index in [9.17, 15) is 4.79 Å². The van der Waals surface area contributed by atoms with E-state index in [0.29, 0.717) is 22.0 Å². The number of rotatable bonds is 3. The van der Waals surface area contributed by atoms with E-state index >= 15 is 0 Å². The quantitative estimate of drug-likeness (QED) is 0.759. The number of hydrogen-bond donors (Lipinski definition) is 3. The second kappa shape index (κ2) is 5.84. The van der Waals surface area contributed by atoms with Crippen molar-refractivity contribution in [1.82, 2.24) is 5.32 Å². The number of nitrogens with two attached hydrogens (primary N) is 1. The minimum atomic E-state index is -0.185. The van der Waals surface area contributed by atoms with Gasteiger partial charge in [0, 0.05) is 12.7 Å². The summed E-state index contributed by atoms with van der Waals surface area (Å²) >= 11 is 6.19. The molecular weight excluding hydrogens is 274 g/mol. The fraction of sp³-hybridized carbons (Fsp3) is 0.133. The lowest BCUT2D eigenvalue weighted by Crippen LogP contribution is -2.19. The number of carbonyl (C=O) groups excluding carboxylic acids is 1. The van der Waals surface area contributed by atoms with Crippen molar-refractivity contribution in [1.29, 1.82) is 0 Å². The summed E-state index contributed by atoms with van der Waals surface area (Å²) in [5, 5.41) is 6.34. The molecule has 4 N–H and O–H groups in total. The molecule has 0 aliphatic carbocycles. The van der Waals surface area contributed by atoms with Gasteiger partial charge in [-0.3, -0.25) is 4.79 Å². The molecule has 0 bridgehead atoms. The predicted molar refractivity (Wildman–Crippen MR) is 83.7 cm³/mol. The molecule has 0 spiro atoms. The van der Waals surface area contributed by atoms with Gasteiger partial charge in [0.15, 0.2) is 0 Å². The number of benzene rings is 2. The van der Waals surface area contributed by atoms with Gasteiger partial charge in [-0.15, -0.1) is 0 Å². The summed E-state index contributed by atoms with van der Waals surface area (Å²) in [5.74, 6) is -0.185. The predicted octanol–water partition coefficient (Wildman–Crippen LogP) is 3.33. The number of hydrogen-bond acceptors (Lipinski definition) is 3. The van der Waals surface area contributed by atoms with Crippen LogP contribution in [0, 0.1) is 6.92 Å². The largest absolute Gasteiger partial charge is 0.399 e. The van der Waals surface area contributed by atoms with E-state index in [4.69, 9.17) is 17.3 Å². The molecule has 0 heterocycles. The fourth-order valence-corrected chi connectivity index (χ4v) is 2.15. The van der Waals surface area contributed by atoms with Gasteiger partial charge in [-0.25, -0.2) is 0 Å². The molecular formula is C15H16ClN3O. The number of anilines is 3. The maximum atomic E-state index is 11.8. The molecule has 0 radical (unpaired) electrons. The Morgan fingerprint density at radius 2 is 1.90 bits per heavy atom. The molecule has 1 amide bonds. The molecule has 0 aromatic heterocycles. The Kier molecular flexibility index (Phi) is 4.15. The van der Waals surface area contributed by atoms with E-state index in [2.05, 4.69) is 10.6 Å². The van der Waals surface area contributed by atoms with Crippen molar-refractivity contribution in [3.05, 3.63) is 52.5 Å². The maximum Gasteiger partial charge on any atom is 0.253 e. The van der Waals surface area contributed by atoms with Crippen molar-refractivity contribution in [3.8, 4) is 0 Å². The van der Waals surface area contributed by atoms with E-state index in [0.717, 1.165) is 11.3 Å². The van der Waals surface area contributed by atoms with Gasteiger partial charge < -0.3 is 16.4 Å². The third-order valence-electron chi connectivity index (χ3n) is 2.91. The van der Waals surface area contributed by atoms with Gasteiger partial charge >= 0.3 is 0 Å². The molecule has 2 rings (SSSR count). The van der Waals surface area contributed by atoms with Crippen LogP contribution in [-0.4, -0.2) is 13.0 Å². The Morgan fingerprint density at radius 3 is 2.55 bits per heavy atom. The van der Waals surface area contributed by atoms with Crippen LogP contribution in [0.25, 0.3) is 0 Å². The van der Waals surface area contributed by atoms with Crippen LogP contribution in [0.3, 0.4) is 0 Å². The average molecular weight is 290 g/mol. The van der Waals surface area contributed by atoms with Crippen molar-refractivity contribution in [2.45, 2.75) is 6.92 Å². The molecule has 20 heavy (non-hydrogen) atoms. The third-order valence-corrected chi connectivity index (χ3v) is 3.22. The van der Waals surface area contributed by atoms with Crippen molar-refractivity contribution in [2.24, 2.45) is 0 Å². The first-order valence-electron chi connectivity index (χ1n) is 6.16. The number of aryl methyl sites for hydroxylation is 1. The molecule has 0 saturated carbocycles. The van der Waals surface area contributed by atoms with E-state index in [-0.39, 0.29) is 5.91 Å². The zero-order valence-corrected chi connectivity index (χ0v) is 12.1. The van der Waals surface area contributed by atoms with Crippen LogP contribution < -0.4 is 16.4 Å². The molecule has 4 nitrogen and oxygen atoms in total. The second-order valence-corrected chi connectivity index (χ2v) is 4.90. The van der Waals surface area contributed by atoms with Crippen LogP contribution in [0.4, 0.5) is 17.1 Å². The number of nitrogen functional groups attached to an aromatic ring is 1. The summed E-state index contributed by atoms with van der Waals surface area (Å²) in [4.78, 5) is 11.8. The van der Waals surface area contributed by atoms with E-state index in [1.54, 1.807) is 25.2 Å². The first kappa shape index (κ1) is 14.2. The molecule has 0 aliphatic heterocycles. The highest BCUT2D eigenvalue weighted by Crippen LogP contribution is 2.29. The van der Waals surface area contributed by atoms with Crippen LogP contribution in [0.5, 0.6) is 0 Å². The molecule has 2 aromatic rings. The minimum absolute atomic E-state index is 0.185. The first-order valence-corrected chi connectivity index (χ1v) is 6.54. The zero-order valence-electron chi connectivity index (χ0n) is 11.3. The highest BCUT2D eigenvalue weighted by atomic mass is 35.5. The fourth-order valence-electron chi connectivity index (χ4n) is 1.86. The molecule has 2 aromatic carbocycles. The number of carbonyl (C=O) groups is 1. The van der Waals surface area contributed by atoms with E-state index in [1.165, 1.54) is 0 Å². The Morgan fingerprint density at radius 1 is 1.15 bits per heavy atom. The lowest BCUT2D eigenvalue weighted by Gasteiger charge is -2.13. The highest BCUT2D eigenvalue weighted by molar-refractivity contribution is 6.33. The van der Waals surface area contributed by atoms with Gasteiger partial charge in [-0.2, -0.15) is 0 Å². The normalized spacial score (nSPS) is 10.2. The van der Waals surface area contributed by atoms with Crippen LogP contribution >= 0.6 is 11.6 Å². The molecule has 5 heteroatoms. The summed E-state index contributed by atoms with van der Waals surface area (Å²) in [6.45, 7) is 1.96. The maximum absolute atomic E-state index is 11.8. The summed E-state index contributed by atoms with van der Waals surface area (Å²) in [6.07, 6.45) is 0. The molecule has 0 aliphatic rings. The lowest BCUT2D eigenvalue weighted by atomic mass is 10.1. The Balaban J connectivity index is 2.41. The summed E-state index contributed by atoms with van der Waals surface area (Å²) < 4.78 is 0. The topological polar surface area (TPSA) is 67.2 Å². The number of nitrogens with one attached hydrogen (secondary N) is 2. The summed E-state index contributed by atoms with van der Waals surface area (Å²) in [5.41, 5.74) is 9.28. The first-order chi connectivity index (χ1) is 9.51. The molecule has 104 valence electrons. The lowest BCUT2D eigenvalue weighted by molar-refractivity contribution is 0.0964. The van der Waals surface area contributed by atoms with Crippen molar-refractivity contribution in [2.75, 3.05) is 18.1 Å². The second-order valence-electron chi connectivity index (χ2n) is 4.49. The smallest absolute Gasteiger partial charge is 0.253 e. The van der Waals surface area contributed by atoms with Gasteiger partial charge in [0.1, 0.15) is 0 Å². The van der Waals surface area contributed by atoms with Gasteiger partial charge in [0.2, 0.25) is 0 Å². The van der Waals surface area contributed by atoms with Crippen LogP contribution in [-0.2, 0) is 0 Å². The molecule has 0 fully saturated rings. The number of halogens is 1. The van der Waals surface area contributed by atoms with Crippen molar-refractivity contribution < 1.29 is 4.79 Å². The minimum Gasteiger partial charge on any atom is -0.399 e. The van der Waals surface area contributed by atoms with Gasteiger partial charge in [0.25, 0.3) is 5.91 Å². The third kappa shape index (κ3) is 3.03. The monoisotopic (exact) mass is 289 g/mol. The molecule has 0 saturated heterocycles. The number of amides is 1. The van der Waals surface area contributed by atoms with Crippen LogP contribution in [0.15, 0.2) is 36.4 Å². The standard InChI is InChI=1S/C15H16ClN3O/c1-9-3-6-13(12(16)7-9)19-14-8-10(17)4-5-11(14)15(20)18-2/h3-8,19H,17H2,1-2H3,(H,18,20). The van der Waals surface area contributed by atoms with Crippen LogP contribution in [0.1, 0.15) is 15.9 Å². The summed E-state index contributed by atoms with van der Waals surface area (Å²) in [6, 6.07) is 10.7. The van der Waals surface area contributed by atoms with Gasteiger partial charge in [-0.05, 0) is 42.8 Å². The van der Waals surface area contributed by atoms with Gasteiger partial charge in [-0.1, -0.05) is 17.7 Å². The van der Waals surface area contributed by atoms with E-state index in [1.807, 2.05) is 25.1 Å².